The summed E-state index contributed by atoms with van der Waals surface area (Å²) in [4.78, 5) is 10.8. The van der Waals surface area contributed by atoms with Gasteiger partial charge in [-0.15, -0.1) is 0 Å². The second-order valence-corrected chi connectivity index (χ2v) is 4.54. The van der Waals surface area contributed by atoms with Crippen LogP contribution in [0.25, 0.3) is 0 Å². The number of carbonyl (C=O) groups excluding carboxylic acids is 1. The first-order chi connectivity index (χ1) is 7.17. The summed E-state index contributed by atoms with van der Waals surface area (Å²) in [5.74, 6) is 1.16. The van der Waals surface area contributed by atoms with Gasteiger partial charge in [-0.05, 0) is 24.1 Å². The highest BCUT2D eigenvalue weighted by Gasteiger charge is 2.05. The van der Waals surface area contributed by atoms with E-state index in [1.165, 1.54) is 0 Å². The van der Waals surface area contributed by atoms with Crippen molar-refractivity contribution in [1.29, 1.82) is 0 Å². The lowest BCUT2D eigenvalue weighted by atomic mass is 10.1. The lowest BCUT2D eigenvalue weighted by Crippen LogP contribution is -2.08. The van der Waals surface area contributed by atoms with Crippen LogP contribution in [0, 0.1) is 5.92 Å². The van der Waals surface area contributed by atoms with Crippen LogP contribution >= 0.6 is 15.9 Å². The van der Waals surface area contributed by atoms with Gasteiger partial charge in [-0.25, -0.2) is 0 Å². The minimum Gasteiger partial charge on any atom is -0.493 e. The van der Waals surface area contributed by atoms with Crippen LogP contribution in [-0.4, -0.2) is 12.9 Å². The molecule has 0 aliphatic heterocycles. The van der Waals surface area contributed by atoms with Gasteiger partial charge in [0.05, 0.1) is 12.2 Å². The van der Waals surface area contributed by atoms with Gasteiger partial charge in [-0.1, -0.05) is 36.2 Å². The first-order valence-electron chi connectivity index (χ1n) is 5.05. The minimum atomic E-state index is 0.503. The number of hydrogen-bond acceptors (Lipinski definition) is 2. The zero-order valence-electron chi connectivity index (χ0n) is 9.00. The summed E-state index contributed by atoms with van der Waals surface area (Å²) in [5.41, 5.74) is 0.599. The van der Waals surface area contributed by atoms with Crippen molar-refractivity contribution in [2.75, 3.05) is 6.61 Å². The highest BCUT2D eigenvalue weighted by molar-refractivity contribution is 9.10. The molecule has 0 bridgehead atoms. The number of halogens is 1. The predicted molar refractivity (Wildman–Crippen MR) is 64.5 cm³/mol. The van der Waals surface area contributed by atoms with Crippen molar-refractivity contribution in [3.05, 3.63) is 28.2 Å². The second-order valence-electron chi connectivity index (χ2n) is 3.62. The molecule has 0 radical (unpaired) electrons. The molecule has 0 aliphatic rings. The summed E-state index contributed by atoms with van der Waals surface area (Å²) < 4.78 is 6.52. The Hall–Kier alpha value is -0.830. The number of rotatable bonds is 5. The molecular formula is C12H15BrO2. The van der Waals surface area contributed by atoms with E-state index in [1.54, 1.807) is 6.07 Å². The molecule has 0 saturated carbocycles. The van der Waals surface area contributed by atoms with Crippen molar-refractivity contribution >= 4 is 22.2 Å². The number of hydrogen-bond donors (Lipinski definition) is 0. The van der Waals surface area contributed by atoms with Gasteiger partial charge in [-0.3, -0.25) is 4.79 Å². The number of ether oxygens (including phenoxy) is 1. The van der Waals surface area contributed by atoms with Crippen molar-refractivity contribution in [2.24, 2.45) is 5.92 Å². The molecule has 0 spiro atoms. The monoisotopic (exact) mass is 270 g/mol. The van der Waals surface area contributed by atoms with E-state index in [2.05, 4.69) is 29.8 Å². The predicted octanol–water partition coefficient (Wildman–Crippen LogP) is 3.69. The van der Waals surface area contributed by atoms with Crippen LogP contribution in [0.3, 0.4) is 0 Å². The molecule has 3 heteroatoms. The van der Waals surface area contributed by atoms with Crippen LogP contribution < -0.4 is 4.74 Å². The molecule has 0 saturated heterocycles. The van der Waals surface area contributed by atoms with Crippen molar-refractivity contribution in [3.8, 4) is 5.75 Å². The summed E-state index contributed by atoms with van der Waals surface area (Å²) in [6.45, 7) is 4.89. The largest absolute Gasteiger partial charge is 0.493 e. The molecule has 0 amide bonds. The van der Waals surface area contributed by atoms with E-state index in [1.807, 2.05) is 12.1 Å². The van der Waals surface area contributed by atoms with Crippen LogP contribution in [0.1, 0.15) is 30.6 Å². The van der Waals surface area contributed by atoms with Gasteiger partial charge >= 0.3 is 0 Å². The van der Waals surface area contributed by atoms with Gasteiger partial charge in [0, 0.05) is 4.47 Å². The van der Waals surface area contributed by atoms with Crippen molar-refractivity contribution < 1.29 is 9.53 Å². The van der Waals surface area contributed by atoms with E-state index in [0.29, 0.717) is 23.8 Å². The first kappa shape index (κ1) is 12.2. The average molecular weight is 271 g/mol. The van der Waals surface area contributed by atoms with E-state index in [-0.39, 0.29) is 0 Å². The molecule has 1 atom stereocenters. The Morgan fingerprint density at radius 1 is 1.53 bits per heavy atom. The number of benzene rings is 1. The maximum Gasteiger partial charge on any atom is 0.153 e. The van der Waals surface area contributed by atoms with Crippen LogP contribution in [0.4, 0.5) is 0 Å². The molecule has 82 valence electrons. The van der Waals surface area contributed by atoms with Gasteiger partial charge < -0.3 is 4.74 Å². The Bertz CT molecular complexity index is 336. The fourth-order valence-corrected chi connectivity index (χ4v) is 1.42. The molecular weight excluding hydrogens is 256 g/mol. The van der Waals surface area contributed by atoms with E-state index < -0.39 is 0 Å². The lowest BCUT2D eigenvalue weighted by Gasteiger charge is -2.12. The Labute approximate surface area is 98.8 Å². The molecule has 0 aliphatic carbocycles. The average Bonchev–Trinajstić information content (AvgIpc) is 2.26. The van der Waals surface area contributed by atoms with Gasteiger partial charge in [0.1, 0.15) is 5.75 Å². The zero-order valence-corrected chi connectivity index (χ0v) is 10.6. The summed E-state index contributed by atoms with van der Waals surface area (Å²) in [7, 11) is 0. The van der Waals surface area contributed by atoms with E-state index in [4.69, 9.17) is 4.74 Å². The quantitative estimate of drug-likeness (QED) is 0.763. The third-order valence-electron chi connectivity index (χ3n) is 2.32. The molecule has 1 aromatic carbocycles. The normalized spacial score (nSPS) is 12.2. The summed E-state index contributed by atoms with van der Waals surface area (Å²) in [5, 5.41) is 0. The van der Waals surface area contributed by atoms with Crippen molar-refractivity contribution in [3.63, 3.8) is 0 Å². The van der Waals surface area contributed by atoms with Gasteiger partial charge in [-0.2, -0.15) is 0 Å². The number of aldehydes is 1. The SMILES string of the molecule is CC[C@@H](C)COc1cc(Br)ccc1C=O. The standard InChI is InChI=1S/C12H15BrO2/c1-3-9(2)8-15-12-6-11(13)5-4-10(12)7-14/h4-7,9H,3,8H2,1-2H3/t9-/m1/s1. The zero-order chi connectivity index (χ0) is 11.3. The van der Waals surface area contributed by atoms with Crippen LogP contribution in [0.15, 0.2) is 22.7 Å². The lowest BCUT2D eigenvalue weighted by molar-refractivity contribution is 0.111. The highest BCUT2D eigenvalue weighted by atomic mass is 79.9. The summed E-state index contributed by atoms with van der Waals surface area (Å²) in [6.07, 6.45) is 1.89. The third kappa shape index (κ3) is 3.67. The molecule has 0 aromatic heterocycles. The molecule has 0 unspecified atom stereocenters. The van der Waals surface area contributed by atoms with E-state index in [9.17, 15) is 4.79 Å². The molecule has 1 aromatic rings. The number of carbonyl (C=O) groups is 1. The first-order valence-corrected chi connectivity index (χ1v) is 5.84. The van der Waals surface area contributed by atoms with E-state index in [0.717, 1.165) is 17.2 Å². The fraction of sp³-hybridized carbons (Fsp3) is 0.417. The Balaban J connectivity index is 2.74. The van der Waals surface area contributed by atoms with E-state index >= 15 is 0 Å². The second kappa shape index (κ2) is 5.91. The summed E-state index contributed by atoms with van der Waals surface area (Å²) >= 11 is 3.35. The maximum absolute atomic E-state index is 10.8. The van der Waals surface area contributed by atoms with Crippen LogP contribution in [-0.2, 0) is 0 Å². The minimum absolute atomic E-state index is 0.503. The topological polar surface area (TPSA) is 26.3 Å². The van der Waals surface area contributed by atoms with Gasteiger partial charge in [0.25, 0.3) is 0 Å². The van der Waals surface area contributed by atoms with Crippen molar-refractivity contribution in [2.45, 2.75) is 20.3 Å². The fourth-order valence-electron chi connectivity index (χ4n) is 1.08. The molecule has 0 heterocycles. The molecule has 1 rings (SSSR count). The van der Waals surface area contributed by atoms with Gasteiger partial charge in [0.15, 0.2) is 6.29 Å². The molecule has 0 fully saturated rings. The molecule has 0 N–H and O–H groups in total. The summed E-state index contributed by atoms with van der Waals surface area (Å²) in [6, 6.07) is 5.41. The Kier molecular flexibility index (Phi) is 4.82. The smallest absolute Gasteiger partial charge is 0.153 e. The van der Waals surface area contributed by atoms with Crippen molar-refractivity contribution in [1.82, 2.24) is 0 Å². The molecule has 2 nitrogen and oxygen atoms in total. The Morgan fingerprint density at radius 3 is 2.87 bits per heavy atom. The Morgan fingerprint density at radius 2 is 2.27 bits per heavy atom. The maximum atomic E-state index is 10.8. The highest BCUT2D eigenvalue weighted by Crippen LogP contribution is 2.23. The molecule has 15 heavy (non-hydrogen) atoms. The van der Waals surface area contributed by atoms with Crippen LogP contribution in [0.2, 0.25) is 0 Å². The third-order valence-corrected chi connectivity index (χ3v) is 2.82. The van der Waals surface area contributed by atoms with Crippen LogP contribution in [0.5, 0.6) is 5.75 Å². The van der Waals surface area contributed by atoms with Gasteiger partial charge in [0.2, 0.25) is 0 Å².